The van der Waals surface area contributed by atoms with Gasteiger partial charge in [0.05, 0.1) is 11.7 Å². The molecule has 2 aromatic carbocycles. The Morgan fingerprint density at radius 2 is 1.90 bits per heavy atom. The normalized spacial score (nSPS) is 26.1. The van der Waals surface area contributed by atoms with Crippen LogP contribution in [0.4, 0.5) is 10.1 Å². The minimum Gasteiger partial charge on any atom is -0.375 e. The zero-order valence-electron chi connectivity index (χ0n) is 11.4. The first-order chi connectivity index (χ1) is 10.2. The third kappa shape index (κ3) is 2.06. The van der Waals surface area contributed by atoms with E-state index in [1.807, 2.05) is 30.3 Å². The third-order valence-corrected chi connectivity index (χ3v) is 4.83. The summed E-state index contributed by atoms with van der Waals surface area (Å²) in [5, 5.41) is 4.14. The summed E-state index contributed by atoms with van der Waals surface area (Å²) in [4.78, 5) is 0. The van der Waals surface area contributed by atoms with E-state index in [2.05, 4.69) is 17.5 Å². The van der Waals surface area contributed by atoms with Crippen molar-refractivity contribution in [3.05, 3.63) is 76.6 Å². The fraction of sp³-hybridized carbons (Fsp3) is 0.222. The maximum atomic E-state index is 14.2. The predicted octanol–water partition coefficient (Wildman–Crippen LogP) is 5.31. The van der Waals surface area contributed by atoms with E-state index in [-0.39, 0.29) is 17.8 Å². The molecular formula is C18H15ClFN. The van der Waals surface area contributed by atoms with E-state index in [9.17, 15) is 4.39 Å². The number of fused-ring (bicyclic) bond motifs is 3. The Morgan fingerprint density at radius 1 is 1.10 bits per heavy atom. The lowest BCUT2D eigenvalue weighted by molar-refractivity contribution is 0.421. The van der Waals surface area contributed by atoms with Crippen molar-refractivity contribution in [3.63, 3.8) is 0 Å². The predicted molar refractivity (Wildman–Crippen MR) is 84.2 cm³/mol. The highest BCUT2D eigenvalue weighted by atomic mass is 35.5. The topological polar surface area (TPSA) is 12.0 Å². The molecule has 3 heteroatoms. The average molecular weight is 300 g/mol. The van der Waals surface area contributed by atoms with Crippen LogP contribution in [0, 0.1) is 11.7 Å². The summed E-state index contributed by atoms with van der Waals surface area (Å²) in [6.45, 7) is 0. The lowest BCUT2D eigenvalue weighted by Crippen LogP contribution is -2.29. The highest BCUT2D eigenvalue weighted by Gasteiger charge is 2.38. The Labute approximate surface area is 128 Å². The standard InChI is InChI=1S/C18H15ClFN/c19-12-9-7-11(8-10-12)17-14-4-1-3-13(14)15-5-2-6-16(20)18(15)21-17/h1-3,5-10,13-14,17,21H,4H2/t13-,14-,17+/m0/s1. The third-order valence-electron chi connectivity index (χ3n) is 4.58. The van der Waals surface area contributed by atoms with Gasteiger partial charge in [0, 0.05) is 10.9 Å². The van der Waals surface area contributed by atoms with Gasteiger partial charge in [-0.1, -0.05) is 48.0 Å². The maximum absolute atomic E-state index is 14.2. The van der Waals surface area contributed by atoms with E-state index in [1.54, 1.807) is 6.07 Å². The van der Waals surface area contributed by atoms with Crippen LogP contribution in [-0.2, 0) is 0 Å². The first-order valence-electron chi connectivity index (χ1n) is 7.21. The van der Waals surface area contributed by atoms with Gasteiger partial charge >= 0.3 is 0 Å². The summed E-state index contributed by atoms with van der Waals surface area (Å²) >= 11 is 5.98. The summed E-state index contributed by atoms with van der Waals surface area (Å²) in [7, 11) is 0. The summed E-state index contributed by atoms with van der Waals surface area (Å²) in [6.07, 6.45) is 5.44. The Morgan fingerprint density at radius 3 is 2.71 bits per heavy atom. The summed E-state index contributed by atoms with van der Waals surface area (Å²) in [5.41, 5.74) is 2.87. The van der Waals surface area contributed by atoms with Crippen molar-refractivity contribution < 1.29 is 4.39 Å². The number of hydrogen-bond donors (Lipinski definition) is 1. The molecular weight excluding hydrogens is 285 g/mol. The van der Waals surface area contributed by atoms with Crippen molar-refractivity contribution in [2.24, 2.45) is 5.92 Å². The molecule has 21 heavy (non-hydrogen) atoms. The maximum Gasteiger partial charge on any atom is 0.146 e. The van der Waals surface area contributed by atoms with Gasteiger partial charge in [-0.15, -0.1) is 0 Å². The largest absolute Gasteiger partial charge is 0.375 e. The molecule has 0 unspecified atom stereocenters. The van der Waals surface area contributed by atoms with E-state index < -0.39 is 0 Å². The molecule has 0 aromatic heterocycles. The van der Waals surface area contributed by atoms with Crippen molar-refractivity contribution >= 4 is 17.3 Å². The van der Waals surface area contributed by atoms with Gasteiger partial charge < -0.3 is 5.32 Å². The van der Waals surface area contributed by atoms with Crippen LogP contribution in [-0.4, -0.2) is 0 Å². The Balaban J connectivity index is 1.81. The molecule has 1 heterocycles. The molecule has 0 saturated carbocycles. The summed E-state index contributed by atoms with van der Waals surface area (Å²) < 4.78 is 14.2. The second kappa shape index (κ2) is 4.88. The fourth-order valence-electron chi connectivity index (χ4n) is 3.58. The number of benzene rings is 2. The van der Waals surface area contributed by atoms with Crippen molar-refractivity contribution in [3.8, 4) is 0 Å². The fourth-order valence-corrected chi connectivity index (χ4v) is 3.71. The van der Waals surface area contributed by atoms with Crippen molar-refractivity contribution in [2.75, 3.05) is 5.32 Å². The molecule has 0 amide bonds. The molecule has 2 aromatic rings. The van der Waals surface area contributed by atoms with Crippen molar-refractivity contribution in [1.82, 2.24) is 0 Å². The van der Waals surface area contributed by atoms with Gasteiger partial charge in [0.2, 0.25) is 0 Å². The second-order valence-electron chi connectivity index (χ2n) is 5.73. The minimum atomic E-state index is -0.176. The number of hydrogen-bond acceptors (Lipinski definition) is 1. The zero-order chi connectivity index (χ0) is 14.4. The molecule has 3 atom stereocenters. The highest BCUT2D eigenvalue weighted by molar-refractivity contribution is 6.30. The molecule has 0 radical (unpaired) electrons. The van der Waals surface area contributed by atoms with Crippen LogP contribution in [0.5, 0.6) is 0 Å². The molecule has 1 aliphatic carbocycles. The molecule has 0 saturated heterocycles. The number of rotatable bonds is 1. The minimum absolute atomic E-state index is 0.117. The second-order valence-corrected chi connectivity index (χ2v) is 6.17. The average Bonchev–Trinajstić information content (AvgIpc) is 2.98. The zero-order valence-corrected chi connectivity index (χ0v) is 12.1. The van der Waals surface area contributed by atoms with E-state index in [0.29, 0.717) is 11.6 Å². The lowest BCUT2D eigenvalue weighted by atomic mass is 9.77. The van der Waals surface area contributed by atoms with Crippen LogP contribution < -0.4 is 5.32 Å². The monoisotopic (exact) mass is 299 g/mol. The van der Waals surface area contributed by atoms with Gasteiger partial charge in [0.25, 0.3) is 0 Å². The highest BCUT2D eigenvalue weighted by Crippen LogP contribution is 2.50. The molecule has 1 N–H and O–H groups in total. The molecule has 4 rings (SSSR count). The number of allylic oxidation sites excluding steroid dienone is 2. The van der Waals surface area contributed by atoms with Gasteiger partial charge in [0.15, 0.2) is 0 Å². The van der Waals surface area contributed by atoms with E-state index in [0.717, 1.165) is 22.6 Å². The number of nitrogens with one attached hydrogen (secondary N) is 1. The van der Waals surface area contributed by atoms with Gasteiger partial charge in [0.1, 0.15) is 5.82 Å². The summed E-state index contributed by atoms with van der Waals surface area (Å²) in [5.74, 6) is 0.545. The van der Waals surface area contributed by atoms with Crippen LogP contribution in [0.3, 0.4) is 0 Å². The van der Waals surface area contributed by atoms with Crippen LogP contribution in [0.15, 0.2) is 54.6 Å². The van der Waals surface area contributed by atoms with Crippen LogP contribution in [0.2, 0.25) is 5.02 Å². The van der Waals surface area contributed by atoms with E-state index in [1.165, 1.54) is 6.07 Å². The Hall–Kier alpha value is -1.80. The molecule has 106 valence electrons. The SMILES string of the molecule is Fc1cccc2c1N[C@H](c1ccc(Cl)cc1)[C@H]1CC=C[C@H]21. The summed E-state index contributed by atoms with van der Waals surface area (Å²) in [6, 6.07) is 13.3. The quantitative estimate of drug-likeness (QED) is 0.704. The number of anilines is 1. The molecule has 0 bridgehead atoms. The van der Waals surface area contributed by atoms with Crippen molar-refractivity contribution in [1.29, 1.82) is 0 Å². The van der Waals surface area contributed by atoms with E-state index in [4.69, 9.17) is 11.6 Å². The molecule has 2 aliphatic rings. The lowest BCUT2D eigenvalue weighted by Gasteiger charge is -2.37. The molecule has 1 nitrogen and oxygen atoms in total. The van der Waals surface area contributed by atoms with Crippen LogP contribution >= 0.6 is 11.6 Å². The van der Waals surface area contributed by atoms with E-state index >= 15 is 0 Å². The van der Waals surface area contributed by atoms with Gasteiger partial charge in [-0.25, -0.2) is 4.39 Å². The number of para-hydroxylation sites is 1. The number of halogens is 2. The molecule has 0 spiro atoms. The van der Waals surface area contributed by atoms with Gasteiger partial charge in [-0.2, -0.15) is 0 Å². The Kier molecular flexibility index (Phi) is 3.00. The van der Waals surface area contributed by atoms with Gasteiger partial charge in [-0.3, -0.25) is 0 Å². The Bertz CT molecular complexity index is 708. The molecule has 0 fully saturated rings. The van der Waals surface area contributed by atoms with Gasteiger partial charge in [-0.05, 0) is 41.7 Å². The first kappa shape index (κ1) is 12.9. The smallest absolute Gasteiger partial charge is 0.146 e. The van der Waals surface area contributed by atoms with Crippen LogP contribution in [0.25, 0.3) is 0 Å². The van der Waals surface area contributed by atoms with Crippen molar-refractivity contribution in [2.45, 2.75) is 18.4 Å². The first-order valence-corrected chi connectivity index (χ1v) is 7.59. The van der Waals surface area contributed by atoms with Crippen LogP contribution in [0.1, 0.15) is 29.5 Å². The molecule has 1 aliphatic heterocycles.